The van der Waals surface area contributed by atoms with E-state index in [1.54, 1.807) is 12.1 Å². The molecule has 6 nitrogen and oxygen atoms in total. The number of hydrogen-bond donors (Lipinski definition) is 1. The Hall–Kier alpha value is -2.38. The van der Waals surface area contributed by atoms with Crippen LogP contribution in [0.4, 0.5) is 11.4 Å². The number of anilines is 2. The van der Waals surface area contributed by atoms with E-state index in [9.17, 15) is 13.2 Å². The lowest BCUT2D eigenvalue weighted by Gasteiger charge is -2.36. The molecule has 1 amide bonds. The minimum atomic E-state index is -3.54. The first kappa shape index (κ1) is 19.4. The second-order valence-corrected chi connectivity index (χ2v) is 9.16. The smallest absolute Gasteiger partial charge is 0.243 e. The van der Waals surface area contributed by atoms with Gasteiger partial charge in [0, 0.05) is 31.5 Å². The van der Waals surface area contributed by atoms with Crippen molar-refractivity contribution in [2.45, 2.75) is 30.7 Å². The molecule has 0 aromatic heterocycles. The monoisotopic (exact) mass is 387 g/mol. The molecule has 1 aliphatic rings. The summed E-state index contributed by atoms with van der Waals surface area (Å²) in [6, 6.07) is 14.7. The minimum Gasteiger partial charge on any atom is -0.359 e. The molecule has 0 radical (unpaired) electrons. The van der Waals surface area contributed by atoms with Crippen molar-refractivity contribution in [2.24, 2.45) is 0 Å². The molecule has 1 aliphatic heterocycles. The zero-order valence-corrected chi connectivity index (χ0v) is 16.7. The van der Waals surface area contributed by atoms with Gasteiger partial charge in [0.05, 0.1) is 11.4 Å². The van der Waals surface area contributed by atoms with Crippen LogP contribution < -0.4 is 10.2 Å². The van der Waals surface area contributed by atoms with E-state index in [0.29, 0.717) is 5.69 Å². The molecule has 2 aromatic rings. The largest absolute Gasteiger partial charge is 0.359 e. The molecule has 0 fully saturated rings. The first-order valence-electron chi connectivity index (χ1n) is 8.96. The van der Waals surface area contributed by atoms with Gasteiger partial charge in [-0.15, -0.1) is 0 Å². The summed E-state index contributed by atoms with van der Waals surface area (Å²) in [5.41, 5.74) is 2.82. The van der Waals surface area contributed by atoms with Crippen LogP contribution in [0.3, 0.4) is 0 Å². The highest BCUT2D eigenvalue weighted by atomic mass is 32.2. The molecule has 2 aromatic carbocycles. The van der Waals surface area contributed by atoms with E-state index in [2.05, 4.69) is 23.2 Å². The van der Waals surface area contributed by atoms with Crippen LogP contribution >= 0.6 is 0 Å². The van der Waals surface area contributed by atoms with E-state index in [0.717, 1.165) is 22.8 Å². The predicted molar refractivity (Wildman–Crippen MR) is 108 cm³/mol. The summed E-state index contributed by atoms with van der Waals surface area (Å²) in [4.78, 5) is 14.9. The normalized spacial score (nSPS) is 16.9. The maximum atomic E-state index is 12.6. The van der Waals surface area contributed by atoms with Crippen molar-refractivity contribution in [1.29, 1.82) is 0 Å². The SMILES string of the molecule is C[C@H]1CCc2ccccc2N1CC(=O)Nc1cccc(S(=O)(=O)N(C)C)c1. The van der Waals surface area contributed by atoms with E-state index >= 15 is 0 Å². The third kappa shape index (κ3) is 4.14. The molecule has 0 spiro atoms. The van der Waals surface area contributed by atoms with Crippen LogP contribution in [0.5, 0.6) is 0 Å². The fourth-order valence-electron chi connectivity index (χ4n) is 3.30. The molecule has 0 saturated heterocycles. The highest BCUT2D eigenvalue weighted by Gasteiger charge is 2.24. The van der Waals surface area contributed by atoms with Crippen molar-refractivity contribution >= 4 is 27.3 Å². The summed E-state index contributed by atoms with van der Waals surface area (Å²) in [7, 11) is -0.576. The highest BCUT2D eigenvalue weighted by Crippen LogP contribution is 2.30. The van der Waals surface area contributed by atoms with Crippen LogP contribution in [0.1, 0.15) is 18.9 Å². The van der Waals surface area contributed by atoms with Crippen molar-refractivity contribution in [3.63, 3.8) is 0 Å². The second-order valence-electron chi connectivity index (χ2n) is 7.01. The topological polar surface area (TPSA) is 69.7 Å². The van der Waals surface area contributed by atoms with Gasteiger partial charge in [-0.25, -0.2) is 12.7 Å². The standard InChI is InChI=1S/C20H25N3O3S/c1-15-11-12-16-7-4-5-10-19(16)23(15)14-20(24)21-17-8-6-9-18(13-17)27(25,26)22(2)3/h4-10,13,15H,11-12,14H2,1-3H3,(H,21,24)/t15-/m0/s1. The van der Waals surface area contributed by atoms with Gasteiger partial charge in [0.2, 0.25) is 15.9 Å². The zero-order valence-electron chi connectivity index (χ0n) is 15.8. The number of fused-ring (bicyclic) bond motifs is 1. The van der Waals surface area contributed by atoms with E-state index < -0.39 is 10.0 Å². The summed E-state index contributed by atoms with van der Waals surface area (Å²) >= 11 is 0. The molecule has 144 valence electrons. The van der Waals surface area contributed by atoms with E-state index in [4.69, 9.17) is 0 Å². The molecule has 0 aliphatic carbocycles. The van der Waals surface area contributed by atoms with Gasteiger partial charge in [-0.05, 0) is 49.6 Å². The minimum absolute atomic E-state index is 0.155. The van der Waals surface area contributed by atoms with Crippen molar-refractivity contribution in [3.05, 3.63) is 54.1 Å². The summed E-state index contributed by atoms with van der Waals surface area (Å²) in [6.07, 6.45) is 2.01. The molecule has 27 heavy (non-hydrogen) atoms. The number of hydrogen-bond acceptors (Lipinski definition) is 4. The summed E-state index contributed by atoms with van der Waals surface area (Å²) in [5.74, 6) is -0.169. The Morgan fingerprint density at radius 2 is 1.93 bits per heavy atom. The average Bonchev–Trinajstić information content (AvgIpc) is 2.64. The van der Waals surface area contributed by atoms with Gasteiger partial charge < -0.3 is 10.2 Å². The number of aryl methyl sites for hydroxylation is 1. The van der Waals surface area contributed by atoms with E-state index in [-0.39, 0.29) is 23.4 Å². The van der Waals surface area contributed by atoms with E-state index in [1.807, 2.05) is 18.2 Å². The fraction of sp³-hybridized carbons (Fsp3) is 0.350. The van der Waals surface area contributed by atoms with Gasteiger partial charge in [0.25, 0.3) is 0 Å². The van der Waals surface area contributed by atoms with Gasteiger partial charge in [0.15, 0.2) is 0 Å². The molecule has 0 saturated carbocycles. The number of amides is 1. The molecule has 7 heteroatoms. The molecule has 1 atom stereocenters. The Morgan fingerprint density at radius 3 is 2.67 bits per heavy atom. The first-order valence-corrected chi connectivity index (χ1v) is 10.4. The molecule has 1 heterocycles. The van der Waals surface area contributed by atoms with Crippen molar-refractivity contribution < 1.29 is 13.2 Å². The molecule has 1 N–H and O–H groups in total. The van der Waals surface area contributed by atoms with Crippen LogP contribution in [-0.4, -0.2) is 45.3 Å². The van der Waals surface area contributed by atoms with Gasteiger partial charge in [0.1, 0.15) is 0 Å². The summed E-state index contributed by atoms with van der Waals surface area (Å²) < 4.78 is 25.7. The molecular weight excluding hydrogens is 362 g/mol. The van der Waals surface area contributed by atoms with Crippen LogP contribution in [-0.2, 0) is 21.2 Å². The fourth-order valence-corrected chi connectivity index (χ4v) is 4.25. The van der Waals surface area contributed by atoms with Crippen molar-refractivity contribution in [2.75, 3.05) is 30.9 Å². The Labute approximate surface area is 160 Å². The maximum Gasteiger partial charge on any atom is 0.243 e. The number of carbonyl (C=O) groups excluding carboxylic acids is 1. The molecule has 0 unspecified atom stereocenters. The van der Waals surface area contributed by atoms with Gasteiger partial charge in [-0.1, -0.05) is 24.3 Å². The van der Waals surface area contributed by atoms with Crippen molar-refractivity contribution in [1.82, 2.24) is 4.31 Å². The van der Waals surface area contributed by atoms with Gasteiger partial charge in [-0.2, -0.15) is 0 Å². The second kappa shape index (κ2) is 7.70. The lowest BCUT2D eigenvalue weighted by molar-refractivity contribution is -0.115. The third-order valence-corrected chi connectivity index (χ3v) is 6.69. The Bertz CT molecular complexity index is 941. The Kier molecular flexibility index (Phi) is 5.53. The number of benzene rings is 2. The Morgan fingerprint density at radius 1 is 1.19 bits per heavy atom. The van der Waals surface area contributed by atoms with Crippen molar-refractivity contribution in [3.8, 4) is 0 Å². The van der Waals surface area contributed by atoms with Crippen LogP contribution in [0.15, 0.2) is 53.4 Å². The number of rotatable bonds is 5. The Balaban J connectivity index is 1.76. The van der Waals surface area contributed by atoms with Crippen LogP contribution in [0.2, 0.25) is 0 Å². The van der Waals surface area contributed by atoms with Gasteiger partial charge in [-0.3, -0.25) is 4.79 Å². The highest BCUT2D eigenvalue weighted by molar-refractivity contribution is 7.89. The lowest BCUT2D eigenvalue weighted by Crippen LogP contribution is -2.42. The molecule has 0 bridgehead atoms. The third-order valence-electron chi connectivity index (χ3n) is 4.87. The first-order chi connectivity index (χ1) is 12.8. The lowest BCUT2D eigenvalue weighted by atomic mass is 9.96. The van der Waals surface area contributed by atoms with Crippen LogP contribution in [0.25, 0.3) is 0 Å². The number of sulfonamides is 1. The maximum absolute atomic E-state index is 12.6. The number of para-hydroxylation sites is 1. The van der Waals surface area contributed by atoms with E-state index in [1.165, 1.54) is 31.8 Å². The number of carbonyl (C=O) groups is 1. The van der Waals surface area contributed by atoms with Crippen LogP contribution in [0, 0.1) is 0 Å². The number of nitrogens with zero attached hydrogens (tertiary/aromatic N) is 2. The summed E-state index contributed by atoms with van der Waals surface area (Å²) in [6.45, 7) is 2.34. The summed E-state index contributed by atoms with van der Waals surface area (Å²) in [5, 5.41) is 2.83. The zero-order chi connectivity index (χ0) is 19.6. The number of nitrogens with one attached hydrogen (secondary N) is 1. The predicted octanol–water partition coefficient (Wildman–Crippen LogP) is 2.72. The quantitative estimate of drug-likeness (QED) is 0.856. The average molecular weight is 388 g/mol. The van der Waals surface area contributed by atoms with Gasteiger partial charge >= 0.3 is 0 Å². The molecule has 3 rings (SSSR count). The molecular formula is C20H25N3O3S.